The average Bonchev–Trinajstić information content (AvgIpc) is 2.93. The summed E-state index contributed by atoms with van der Waals surface area (Å²) in [5.74, 6) is -0.896. The third kappa shape index (κ3) is 4.10. The highest BCUT2D eigenvalue weighted by Gasteiger charge is 2.57. The zero-order valence-corrected chi connectivity index (χ0v) is 18.2. The highest BCUT2D eigenvalue weighted by atomic mass is 16.6. The number of ether oxygens (including phenoxy) is 2. The van der Waals surface area contributed by atoms with Gasteiger partial charge in [-0.15, -0.1) is 0 Å². The van der Waals surface area contributed by atoms with Crippen LogP contribution in [0.5, 0.6) is 5.75 Å². The molecular weight excluding hydrogens is 400 g/mol. The van der Waals surface area contributed by atoms with E-state index in [-0.39, 0.29) is 0 Å². The normalized spacial score (nSPS) is 19.0. The van der Waals surface area contributed by atoms with Crippen LogP contribution < -0.4 is 9.64 Å². The smallest absolute Gasteiger partial charge is 0.421 e. The second-order valence-electron chi connectivity index (χ2n) is 8.68. The van der Waals surface area contributed by atoms with Gasteiger partial charge in [-0.3, -0.25) is 14.9 Å². The first-order valence-electron chi connectivity index (χ1n) is 9.92. The van der Waals surface area contributed by atoms with Crippen molar-refractivity contribution in [2.24, 2.45) is 0 Å². The molecule has 0 spiro atoms. The molecule has 2 aromatic rings. The molecule has 0 saturated heterocycles. The van der Waals surface area contributed by atoms with Gasteiger partial charge in [0.2, 0.25) is 12.5 Å². The lowest BCUT2D eigenvalue weighted by molar-refractivity contribution is -0.484. The van der Waals surface area contributed by atoms with Gasteiger partial charge in [-0.05, 0) is 57.0 Å². The van der Waals surface area contributed by atoms with Crippen molar-refractivity contribution in [2.75, 3.05) is 18.6 Å². The number of carbonyl (C=O) groups excluding carboxylic acids is 2. The number of methoxy groups -OCH3 is 1. The number of imide groups is 1. The Morgan fingerprint density at radius 3 is 2.39 bits per heavy atom. The molecule has 0 radical (unpaired) electrons. The molecule has 0 unspecified atom stereocenters. The van der Waals surface area contributed by atoms with Crippen LogP contribution in [0.3, 0.4) is 0 Å². The number of rotatable bonds is 5. The first kappa shape index (κ1) is 22.3. The fraction of sp³-hybridized carbons (Fsp3) is 0.391. The average molecular weight is 426 g/mol. The van der Waals surface area contributed by atoms with Crippen molar-refractivity contribution < 1.29 is 24.0 Å². The second-order valence-corrected chi connectivity index (χ2v) is 8.68. The van der Waals surface area contributed by atoms with Gasteiger partial charge in [0.1, 0.15) is 11.4 Å². The van der Waals surface area contributed by atoms with Gasteiger partial charge < -0.3 is 9.47 Å². The van der Waals surface area contributed by atoms with Crippen LogP contribution in [-0.4, -0.2) is 36.2 Å². The molecule has 2 amide bonds. The van der Waals surface area contributed by atoms with Gasteiger partial charge in [0, 0.05) is 4.92 Å². The Kier molecular flexibility index (Phi) is 5.76. The predicted molar refractivity (Wildman–Crippen MR) is 115 cm³/mol. The van der Waals surface area contributed by atoms with Crippen LogP contribution >= 0.6 is 0 Å². The maximum atomic E-state index is 13.8. The van der Waals surface area contributed by atoms with E-state index < -0.39 is 40.4 Å². The third-order valence-corrected chi connectivity index (χ3v) is 5.46. The van der Waals surface area contributed by atoms with E-state index in [9.17, 15) is 19.7 Å². The lowest BCUT2D eigenvalue weighted by atomic mass is 9.69. The van der Waals surface area contributed by atoms with Gasteiger partial charge in [-0.2, -0.15) is 0 Å². The number of hydrogen-bond donors (Lipinski definition) is 0. The first-order chi connectivity index (χ1) is 14.5. The molecule has 0 bridgehead atoms. The Balaban J connectivity index is 2.22. The highest BCUT2D eigenvalue weighted by molar-refractivity contribution is 6.21. The van der Waals surface area contributed by atoms with E-state index >= 15 is 0 Å². The van der Waals surface area contributed by atoms with Crippen LogP contribution in [0.25, 0.3) is 0 Å². The van der Waals surface area contributed by atoms with Crippen molar-refractivity contribution in [1.82, 2.24) is 0 Å². The summed E-state index contributed by atoms with van der Waals surface area (Å²) in [7, 11) is 1.49. The van der Waals surface area contributed by atoms with Gasteiger partial charge in [-0.1, -0.05) is 30.3 Å². The van der Waals surface area contributed by atoms with E-state index in [1.54, 1.807) is 76.2 Å². The number of anilines is 1. The molecule has 164 valence electrons. The van der Waals surface area contributed by atoms with Crippen LogP contribution in [0.2, 0.25) is 0 Å². The summed E-state index contributed by atoms with van der Waals surface area (Å²) in [4.78, 5) is 38.9. The van der Waals surface area contributed by atoms with Gasteiger partial charge in [-0.25, -0.2) is 9.69 Å². The summed E-state index contributed by atoms with van der Waals surface area (Å²) < 4.78 is 10.8. The molecule has 0 N–H and O–H groups in total. The Labute approximate surface area is 180 Å². The third-order valence-electron chi connectivity index (χ3n) is 5.46. The molecule has 8 nitrogen and oxygen atoms in total. The fourth-order valence-corrected chi connectivity index (χ4v) is 3.99. The van der Waals surface area contributed by atoms with Crippen LogP contribution in [0.1, 0.15) is 44.7 Å². The van der Waals surface area contributed by atoms with Crippen LogP contribution in [-0.2, 0) is 14.9 Å². The molecular formula is C23H26N2O6. The zero-order valence-electron chi connectivity index (χ0n) is 18.2. The summed E-state index contributed by atoms with van der Waals surface area (Å²) in [5, 5.41) is 11.6. The van der Waals surface area contributed by atoms with E-state index in [2.05, 4.69) is 0 Å². The first-order valence-corrected chi connectivity index (χ1v) is 9.92. The molecule has 0 fully saturated rings. The molecule has 0 aliphatic carbocycles. The maximum absolute atomic E-state index is 13.8. The van der Waals surface area contributed by atoms with E-state index in [1.165, 1.54) is 7.11 Å². The molecule has 1 heterocycles. The van der Waals surface area contributed by atoms with Gasteiger partial charge in [0.15, 0.2) is 0 Å². The number of amides is 2. The fourth-order valence-electron chi connectivity index (χ4n) is 3.99. The van der Waals surface area contributed by atoms with E-state index in [0.29, 0.717) is 22.6 Å². The summed E-state index contributed by atoms with van der Waals surface area (Å²) in [6.07, 6.45) is -0.819. The summed E-state index contributed by atoms with van der Waals surface area (Å²) >= 11 is 0. The standard InChI is InChI=1S/C23H26N2O6/c1-22(2,3)31-21(27)25-19-12-11-16(30-5)13-17(19)23(4,20(25)26)18(14-24(28)29)15-9-7-6-8-10-15/h6-13,18H,14H2,1-5H3/t18-,23-/m1/s1. The molecule has 31 heavy (non-hydrogen) atoms. The van der Waals surface area contributed by atoms with Crippen molar-refractivity contribution in [1.29, 1.82) is 0 Å². The summed E-state index contributed by atoms with van der Waals surface area (Å²) in [6, 6.07) is 13.7. The molecule has 0 saturated carbocycles. The van der Waals surface area contributed by atoms with Crippen molar-refractivity contribution in [3.8, 4) is 5.75 Å². The lowest BCUT2D eigenvalue weighted by Gasteiger charge is -2.31. The van der Waals surface area contributed by atoms with Gasteiger partial charge in [0.05, 0.1) is 24.1 Å². The minimum absolute atomic E-state index is 0.340. The SMILES string of the molecule is COc1ccc2c(c1)[C@](C)([C@H](C[N+](=O)[O-])c1ccccc1)C(=O)N2C(=O)OC(C)(C)C. The molecule has 2 atom stereocenters. The number of hydrogen-bond acceptors (Lipinski definition) is 6. The maximum Gasteiger partial charge on any atom is 0.421 e. The molecule has 0 aromatic heterocycles. The Hall–Kier alpha value is -3.42. The minimum Gasteiger partial charge on any atom is -0.497 e. The van der Waals surface area contributed by atoms with Crippen molar-refractivity contribution in [3.05, 3.63) is 69.8 Å². The quantitative estimate of drug-likeness (QED) is 0.522. The van der Waals surface area contributed by atoms with Crippen LogP contribution in [0.4, 0.5) is 10.5 Å². The lowest BCUT2D eigenvalue weighted by Crippen LogP contribution is -2.47. The number of nitrogens with zero attached hydrogens (tertiary/aromatic N) is 2. The number of carbonyl (C=O) groups is 2. The number of benzene rings is 2. The molecule has 1 aliphatic rings. The van der Waals surface area contributed by atoms with E-state index in [0.717, 1.165) is 4.90 Å². The minimum atomic E-state index is -1.38. The largest absolute Gasteiger partial charge is 0.497 e. The zero-order chi connectivity index (χ0) is 23.0. The topological polar surface area (TPSA) is 99.0 Å². The second kappa shape index (κ2) is 8.02. The van der Waals surface area contributed by atoms with Crippen LogP contribution in [0, 0.1) is 10.1 Å². The van der Waals surface area contributed by atoms with Crippen molar-refractivity contribution >= 4 is 17.7 Å². The molecule has 1 aliphatic heterocycles. The van der Waals surface area contributed by atoms with Crippen LogP contribution in [0.15, 0.2) is 48.5 Å². The number of nitro groups is 1. The summed E-state index contributed by atoms with van der Waals surface area (Å²) in [6.45, 7) is 6.28. The Morgan fingerprint density at radius 1 is 1.19 bits per heavy atom. The molecule has 2 aromatic carbocycles. The molecule has 3 rings (SSSR count). The van der Waals surface area contributed by atoms with Crippen molar-refractivity contribution in [2.45, 2.75) is 44.6 Å². The summed E-state index contributed by atoms with van der Waals surface area (Å²) in [5.41, 5.74) is -0.738. The Morgan fingerprint density at radius 2 is 1.84 bits per heavy atom. The van der Waals surface area contributed by atoms with Gasteiger partial charge in [0.25, 0.3) is 0 Å². The van der Waals surface area contributed by atoms with E-state index in [1.807, 2.05) is 0 Å². The van der Waals surface area contributed by atoms with Crippen molar-refractivity contribution in [3.63, 3.8) is 0 Å². The Bertz CT molecular complexity index is 1010. The highest BCUT2D eigenvalue weighted by Crippen LogP contribution is 2.51. The number of fused-ring (bicyclic) bond motifs is 1. The van der Waals surface area contributed by atoms with E-state index in [4.69, 9.17) is 9.47 Å². The monoisotopic (exact) mass is 426 g/mol. The molecule has 8 heteroatoms. The predicted octanol–water partition coefficient (Wildman–Crippen LogP) is 4.30. The van der Waals surface area contributed by atoms with Gasteiger partial charge >= 0.3 is 6.09 Å².